The van der Waals surface area contributed by atoms with Gasteiger partial charge in [0.25, 0.3) is 5.56 Å². The van der Waals surface area contributed by atoms with E-state index < -0.39 is 0 Å². The van der Waals surface area contributed by atoms with Gasteiger partial charge in [0.2, 0.25) is 5.91 Å². The van der Waals surface area contributed by atoms with Crippen LogP contribution in [0.2, 0.25) is 0 Å². The molecular formula is C21H29N3O2S. The monoisotopic (exact) mass is 387 g/mol. The third kappa shape index (κ3) is 4.37. The van der Waals surface area contributed by atoms with Crippen LogP contribution in [-0.2, 0) is 4.79 Å². The minimum Gasteiger partial charge on any atom is -0.342 e. The van der Waals surface area contributed by atoms with Crippen molar-refractivity contribution in [2.45, 2.75) is 69.3 Å². The van der Waals surface area contributed by atoms with E-state index in [4.69, 9.17) is 4.98 Å². The van der Waals surface area contributed by atoms with Crippen LogP contribution >= 0.6 is 11.8 Å². The molecule has 27 heavy (non-hydrogen) atoms. The molecule has 0 unspecified atom stereocenters. The Balaban J connectivity index is 1.92. The van der Waals surface area contributed by atoms with E-state index in [1.54, 1.807) is 4.57 Å². The minimum absolute atomic E-state index is 0.0214. The summed E-state index contributed by atoms with van der Waals surface area (Å²) in [4.78, 5) is 32.7. The van der Waals surface area contributed by atoms with Gasteiger partial charge in [-0.15, -0.1) is 0 Å². The van der Waals surface area contributed by atoms with Gasteiger partial charge in [0.1, 0.15) is 0 Å². The Morgan fingerprint density at radius 2 is 1.81 bits per heavy atom. The van der Waals surface area contributed by atoms with E-state index in [0.29, 0.717) is 16.1 Å². The molecule has 0 bridgehead atoms. The van der Waals surface area contributed by atoms with Gasteiger partial charge in [-0.1, -0.05) is 43.7 Å². The molecule has 0 spiro atoms. The SMILES string of the molecule is CC[C@@H](C)n1c(S[C@@H](C)C(=O)N2CCCCCC2)nc2ccccc2c1=O. The quantitative estimate of drug-likeness (QED) is 0.568. The number of para-hydroxylation sites is 1. The number of hydrogen-bond acceptors (Lipinski definition) is 4. The summed E-state index contributed by atoms with van der Waals surface area (Å²) in [6.07, 6.45) is 5.39. The normalized spacial score (nSPS) is 17.5. The third-order valence-electron chi connectivity index (χ3n) is 5.35. The van der Waals surface area contributed by atoms with Gasteiger partial charge in [0.05, 0.1) is 16.2 Å². The van der Waals surface area contributed by atoms with E-state index >= 15 is 0 Å². The van der Waals surface area contributed by atoms with Crippen molar-refractivity contribution in [2.75, 3.05) is 13.1 Å². The number of carbonyl (C=O) groups is 1. The first-order valence-corrected chi connectivity index (χ1v) is 10.9. The Bertz CT molecular complexity index is 856. The van der Waals surface area contributed by atoms with Gasteiger partial charge in [-0.05, 0) is 45.2 Å². The summed E-state index contributed by atoms with van der Waals surface area (Å²) in [6.45, 7) is 7.70. The predicted molar refractivity (Wildman–Crippen MR) is 111 cm³/mol. The molecule has 0 aliphatic carbocycles. The van der Waals surface area contributed by atoms with Crippen LogP contribution in [0.5, 0.6) is 0 Å². The van der Waals surface area contributed by atoms with Gasteiger partial charge in [-0.2, -0.15) is 0 Å². The molecule has 0 N–H and O–H groups in total. The zero-order valence-electron chi connectivity index (χ0n) is 16.5. The molecule has 1 fully saturated rings. The second-order valence-electron chi connectivity index (χ2n) is 7.34. The van der Waals surface area contributed by atoms with E-state index in [1.165, 1.54) is 24.6 Å². The van der Waals surface area contributed by atoms with E-state index in [1.807, 2.05) is 43.0 Å². The summed E-state index contributed by atoms with van der Waals surface area (Å²) in [5.74, 6) is 0.153. The second kappa shape index (κ2) is 8.91. The molecule has 1 amide bonds. The largest absolute Gasteiger partial charge is 0.342 e. The van der Waals surface area contributed by atoms with Gasteiger partial charge >= 0.3 is 0 Å². The summed E-state index contributed by atoms with van der Waals surface area (Å²) in [5, 5.41) is 1.02. The number of nitrogens with zero attached hydrogens (tertiary/aromatic N) is 3. The summed E-state index contributed by atoms with van der Waals surface area (Å²) in [7, 11) is 0. The number of fused-ring (bicyclic) bond motifs is 1. The zero-order chi connectivity index (χ0) is 19.4. The average Bonchev–Trinajstić information content (AvgIpc) is 2.96. The van der Waals surface area contributed by atoms with Gasteiger partial charge in [-0.25, -0.2) is 4.98 Å². The lowest BCUT2D eigenvalue weighted by molar-refractivity contribution is -0.130. The summed E-state index contributed by atoms with van der Waals surface area (Å²) < 4.78 is 1.76. The maximum Gasteiger partial charge on any atom is 0.262 e. The van der Waals surface area contributed by atoms with Crippen molar-refractivity contribution < 1.29 is 4.79 Å². The standard InChI is InChI=1S/C21H29N3O2S/c1-4-15(2)24-20(26)17-11-7-8-12-18(17)22-21(24)27-16(3)19(25)23-13-9-5-6-10-14-23/h7-8,11-12,15-16H,4-6,9-10,13-14H2,1-3H3/t15-,16+/m1/s1. The summed E-state index contributed by atoms with van der Waals surface area (Å²) >= 11 is 1.41. The highest BCUT2D eigenvalue weighted by Crippen LogP contribution is 2.27. The van der Waals surface area contributed by atoms with Crippen molar-refractivity contribution in [1.29, 1.82) is 0 Å². The molecule has 146 valence electrons. The molecule has 1 aliphatic heterocycles. The first kappa shape index (κ1) is 19.9. The topological polar surface area (TPSA) is 55.2 Å². The van der Waals surface area contributed by atoms with Crippen LogP contribution in [0.15, 0.2) is 34.2 Å². The molecule has 1 aromatic heterocycles. The van der Waals surface area contributed by atoms with E-state index in [2.05, 4.69) is 6.92 Å². The number of hydrogen-bond donors (Lipinski definition) is 0. The highest BCUT2D eigenvalue weighted by molar-refractivity contribution is 8.00. The van der Waals surface area contributed by atoms with E-state index in [0.717, 1.165) is 32.4 Å². The van der Waals surface area contributed by atoms with Crippen molar-refractivity contribution in [1.82, 2.24) is 14.5 Å². The number of carbonyl (C=O) groups excluding carboxylic acids is 1. The maximum absolute atomic E-state index is 13.1. The third-order valence-corrected chi connectivity index (χ3v) is 6.41. The van der Waals surface area contributed by atoms with Crippen molar-refractivity contribution in [3.8, 4) is 0 Å². The lowest BCUT2D eigenvalue weighted by Gasteiger charge is -2.25. The number of rotatable bonds is 5. The molecular weight excluding hydrogens is 358 g/mol. The molecule has 2 atom stereocenters. The molecule has 6 heteroatoms. The van der Waals surface area contributed by atoms with E-state index in [9.17, 15) is 9.59 Å². The summed E-state index contributed by atoms with van der Waals surface area (Å²) in [6, 6.07) is 7.48. The molecule has 1 aromatic carbocycles. The molecule has 1 saturated heterocycles. The lowest BCUT2D eigenvalue weighted by atomic mass is 10.2. The predicted octanol–water partition coefficient (Wildman–Crippen LogP) is 4.25. The molecule has 1 aliphatic rings. The Kier molecular flexibility index (Phi) is 6.58. The van der Waals surface area contributed by atoms with E-state index in [-0.39, 0.29) is 22.8 Å². The first-order chi connectivity index (χ1) is 13.0. The van der Waals surface area contributed by atoms with Gasteiger partial charge in [-0.3, -0.25) is 14.2 Å². The fraction of sp³-hybridized carbons (Fsp3) is 0.571. The van der Waals surface area contributed by atoms with Crippen LogP contribution in [0, 0.1) is 0 Å². The fourth-order valence-electron chi connectivity index (χ4n) is 3.54. The zero-order valence-corrected chi connectivity index (χ0v) is 17.3. The van der Waals surface area contributed by atoms with Gasteiger partial charge in [0, 0.05) is 19.1 Å². The van der Waals surface area contributed by atoms with Crippen molar-refractivity contribution in [3.63, 3.8) is 0 Å². The van der Waals surface area contributed by atoms with Crippen molar-refractivity contribution >= 4 is 28.6 Å². The molecule has 0 saturated carbocycles. The molecule has 3 rings (SSSR count). The van der Waals surface area contributed by atoms with Crippen LogP contribution in [0.25, 0.3) is 10.9 Å². The van der Waals surface area contributed by atoms with Gasteiger partial charge in [0.15, 0.2) is 5.16 Å². The lowest BCUT2D eigenvalue weighted by Crippen LogP contribution is -2.37. The average molecular weight is 388 g/mol. The summed E-state index contributed by atoms with van der Waals surface area (Å²) in [5.41, 5.74) is 0.672. The Morgan fingerprint density at radius 3 is 2.48 bits per heavy atom. The Morgan fingerprint density at radius 1 is 1.15 bits per heavy atom. The Hall–Kier alpha value is -1.82. The molecule has 2 aromatic rings. The van der Waals surface area contributed by atoms with Gasteiger partial charge < -0.3 is 4.90 Å². The highest BCUT2D eigenvalue weighted by atomic mass is 32.2. The highest BCUT2D eigenvalue weighted by Gasteiger charge is 2.25. The first-order valence-electron chi connectivity index (χ1n) is 9.99. The fourth-order valence-corrected chi connectivity index (χ4v) is 4.63. The smallest absolute Gasteiger partial charge is 0.262 e. The number of benzene rings is 1. The number of likely N-dealkylation sites (tertiary alicyclic amines) is 1. The van der Waals surface area contributed by atoms with Crippen molar-refractivity contribution in [2.24, 2.45) is 0 Å². The Labute approximate surface area is 165 Å². The van der Waals surface area contributed by atoms with Crippen LogP contribution in [-0.4, -0.2) is 38.7 Å². The molecule has 5 nitrogen and oxygen atoms in total. The van der Waals surface area contributed by atoms with Crippen LogP contribution in [0.1, 0.15) is 58.9 Å². The minimum atomic E-state index is -0.258. The number of aromatic nitrogens is 2. The van der Waals surface area contributed by atoms with Crippen LogP contribution < -0.4 is 5.56 Å². The van der Waals surface area contributed by atoms with Crippen LogP contribution in [0.4, 0.5) is 0 Å². The van der Waals surface area contributed by atoms with Crippen molar-refractivity contribution in [3.05, 3.63) is 34.6 Å². The number of amides is 1. The second-order valence-corrected chi connectivity index (χ2v) is 8.65. The maximum atomic E-state index is 13.1. The molecule has 0 radical (unpaired) electrons. The van der Waals surface area contributed by atoms with Crippen LogP contribution in [0.3, 0.4) is 0 Å². The molecule has 2 heterocycles. The number of thioether (sulfide) groups is 1.